The Morgan fingerprint density at radius 2 is 1.00 bits per heavy atom. The minimum atomic E-state index is 0.386. The first kappa shape index (κ1) is 26.5. The normalized spacial score (nSPS) is 25.7. The lowest BCUT2D eigenvalue weighted by Crippen LogP contribution is -2.36. The largest absolute Gasteiger partial charge is 0.494 e. The summed E-state index contributed by atoms with van der Waals surface area (Å²) >= 11 is 0. The number of methoxy groups -OCH3 is 3. The molecule has 188 valence electrons. The Morgan fingerprint density at radius 3 is 1.39 bits per heavy atom. The minimum Gasteiger partial charge on any atom is -0.494 e. The Balaban J connectivity index is 1.49. The van der Waals surface area contributed by atoms with Crippen molar-refractivity contribution < 1.29 is 18.9 Å². The van der Waals surface area contributed by atoms with Crippen molar-refractivity contribution in [3.8, 4) is 5.75 Å². The molecule has 0 aromatic heterocycles. The van der Waals surface area contributed by atoms with Crippen molar-refractivity contribution in [2.75, 3.05) is 47.8 Å². The quantitative estimate of drug-likeness (QED) is 0.302. The smallest absolute Gasteiger partial charge is 0.119 e. The van der Waals surface area contributed by atoms with E-state index in [1.807, 2.05) is 39.5 Å². The van der Waals surface area contributed by atoms with Crippen LogP contribution in [0.2, 0.25) is 0 Å². The molecule has 0 radical (unpaired) electrons. The van der Waals surface area contributed by atoms with Gasteiger partial charge in [-0.25, -0.2) is 0 Å². The fourth-order valence-electron chi connectivity index (χ4n) is 6.56. The fraction of sp³-hybridized carbons (Fsp3) is 0.793. The summed E-state index contributed by atoms with van der Waals surface area (Å²) in [6.45, 7) is 3.43. The van der Waals surface area contributed by atoms with Gasteiger partial charge < -0.3 is 18.9 Å². The number of ether oxygens (including phenoxy) is 4. The topological polar surface area (TPSA) is 36.9 Å². The number of benzene rings is 1. The van der Waals surface area contributed by atoms with Gasteiger partial charge >= 0.3 is 0 Å². The van der Waals surface area contributed by atoms with Gasteiger partial charge in [-0.1, -0.05) is 18.2 Å². The molecule has 4 heteroatoms. The van der Waals surface area contributed by atoms with Crippen molar-refractivity contribution in [1.29, 1.82) is 0 Å². The van der Waals surface area contributed by atoms with Gasteiger partial charge in [-0.05, 0) is 112 Å². The van der Waals surface area contributed by atoms with Gasteiger partial charge in [0, 0.05) is 41.2 Å². The number of rotatable bonds is 14. The molecule has 0 atom stereocenters. The molecule has 2 fully saturated rings. The SMILES string of the molecule is COCCC1(CCOC)CCC(C2CCC(CCOC)(CCOc3ccccc3)CC2)CC1. The van der Waals surface area contributed by atoms with Crippen LogP contribution in [-0.4, -0.2) is 47.8 Å². The van der Waals surface area contributed by atoms with Gasteiger partial charge in [-0.15, -0.1) is 0 Å². The maximum absolute atomic E-state index is 6.08. The second kappa shape index (κ2) is 13.7. The molecule has 0 amide bonds. The van der Waals surface area contributed by atoms with Crippen LogP contribution in [0.3, 0.4) is 0 Å². The van der Waals surface area contributed by atoms with E-state index < -0.39 is 0 Å². The third-order valence-electron chi connectivity index (χ3n) is 9.00. The van der Waals surface area contributed by atoms with Gasteiger partial charge in [0.2, 0.25) is 0 Å². The molecular weight excluding hydrogens is 412 g/mol. The molecule has 0 bridgehead atoms. The summed E-state index contributed by atoms with van der Waals surface area (Å²) < 4.78 is 22.5. The Labute approximate surface area is 202 Å². The maximum atomic E-state index is 6.08. The first-order valence-electron chi connectivity index (χ1n) is 13.3. The van der Waals surface area contributed by atoms with E-state index in [2.05, 4.69) is 12.1 Å². The molecule has 1 aromatic carbocycles. The molecule has 1 aromatic rings. The van der Waals surface area contributed by atoms with Crippen LogP contribution in [0.5, 0.6) is 5.75 Å². The van der Waals surface area contributed by atoms with Crippen LogP contribution in [0.1, 0.15) is 77.0 Å². The molecular formula is C29H48O4. The van der Waals surface area contributed by atoms with Crippen LogP contribution in [-0.2, 0) is 14.2 Å². The molecule has 33 heavy (non-hydrogen) atoms. The third-order valence-corrected chi connectivity index (χ3v) is 9.00. The van der Waals surface area contributed by atoms with Crippen LogP contribution in [0.25, 0.3) is 0 Å². The average Bonchev–Trinajstić information content (AvgIpc) is 2.87. The van der Waals surface area contributed by atoms with Crippen LogP contribution in [0, 0.1) is 22.7 Å². The average molecular weight is 461 g/mol. The summed E-state index contributed by atoms with van der Waals surface area (Å²) in [7, 11) is 5.50. The monoisotopic (exact) mass is 460 g/mol. The van der Waals surface area contributed by atoms with Crippen LogP contribution in [0.4, 0.5) is 0 Å². The molecule has 0 unspecified atom stereocenters. The zero-order valence-electron chi connectivity index (χ0n) is 21.5. The number of para-hydroxylation sites is 1. The van der Waals surface area contributed by atoms with Crippen molar-refractivity contribution >= 4 is 0 Å². The van der Waals surface area contributed by atoms with Gasteiger partial charge in [0.25, 0.3) is 0 Å². The molecule has 0 spiro atoms. The molecule has 0 N–H and O–H groups in total. The van der Waals surface area contributed by atoms with Gasteiger partial charge in [-0.3, -0.25) is 0 Å². The molecule has 2 saturated carbocycles. The lowest BCUT2D eigenvalue weighted by molar-refractivity contribution is 0.0160. The predicted octanol–water partition coefficient (Wildman–Crippen LogP) is 6.92. The Morgan fingerprint density at radius 1 is 0.606 bits per heavy atom. The van der Waals surface area contributed by atoms with E-state index in [0.717, 1.165) is 56.9 Å². The lowest BCUT2D eigenvalue weighted by atomic mass is 9.59. The van der Waals surface area contributed by atoms with E-state index in [9.17, 15) is 0 Å². The van der Waals surface area contributed by atoms with E-state index in [1.54, 1.807) is 0 Å². The molecule has 3 rings (SSSR count). The maximum Gasteiger partial charge on any atom is 0.119 e. The predicted molar refractivity (Wildman–Crippen MR) is 135 cm³/mol. The highest BCUT2D eigenvalue weighted by molar-refractivity contribution is 5.20. The van der Waals surface area contributed by atoms with E-state index in [0.29, 0.717) is 10.8 Å². The van der Waals surface area contributed by atoms with E-state index in [1.165, 1.54) is 64.2 Å². The summed E-state index contributed by atoms with van der Waals surface area (Å²) in [5.74, 6) is 2.79. The van der Waals surface area contributed by atoms with E-state index in [4.69, 9.17) is 18.9 Å². The summed E-state index contributed by atoms with van der Waals surface area (Å²) in [6.07, 6.45) is 15.6. The van der Waals surface area contributed by atoms with Gasteiger partial charge in [0.05, 0.1) is 6.61 Å². The molecule has 0 aliphatic heterocycles. The van der Waals surface area contributed by atoms with Crippen molar-refractivity contribution in [3.05, 3.63) is 30.3 Å². The lowest BCUT2D eigenvalue weighted by Gasteiger charge is -2.46. The molecule has 4 nitrogen and oxygen atoms in total. The summed E-state index contributed by atoms with van der Waals surface area (Å²) in [4.78, 5) is 0. The molecule has 0 saturated heterocycles. The van der Waals surface area contributed by atoms with Crippen LogP contribution >= 0.6 is 0 Å². The highest BCUT2D eigenvalue weighted by Crippen LogP contribution is 2.52. The highest BCUT2D eigenvalue weighted by Gasteiger charge is 2.41. The van der Waals surface area contributed by atoms with Crippen LogP contribution in [0.15, 0.2) is 30.3 Å². The van der Waals surface area contributed by atoms with Crippen molar-refractivity contribution in [3.63, 3.8) is 0 Å². The minimum absolute atomic E-state index is 0.386. The second-order valence-corrected chi connectivity index (χ2v) is 10.8. The first-order chi connectivity index (χ1) is 16.1. The van der Waals surface area contributed by atoms with Gasteiger partial charge in [0.15, 0.2) is 0 Å². The molecule has 0 heterocycles. The van der Waals surface area contributed by atoms with Gasteiger partial charge in [-0.2, -0.15) is 0 Å². The van der Waals surface area contributed by atoms with Crippen molar-refractivity contribution in [1.82, 2.24) is 0 Å². The van der Waals surface area contributed by atoms with E-state index >= 15 is 0 Å². The highest BCUT2D eigenvalue weighted by atomic mass is 16.5. The number of hydrogen-bond acceptors (Lipinski definition) is 4. The van der Waals surface area contributed by atoms with Crippen LogP contribution < -0.4 is 4.74 Å². The molecule has 2 aliphatic carbocycles. The fourth-order valence-corrected chi connectivity index (χ4v) is 6.56. The molecule has 2 aliphatic rings. The second-order valence-electron chi connectivity index (χ2n) is 10.8. The van der Waals surface area contributed by atoms with Gasteiger partial charge in [0.1, 0.15) is 5.75 Å². The number of hydrogen-bond donors (Lipinski definition) is 0. The standard InChI is InChI=1S/C29H48O4/c1-30-21-17-28(18-22-31-2)13-9-25(10-14-28)26-11-15-29(16-12-26,19-23-32-3)20-24-33-27-7-5-4-6-8-27/h4-8,25-26H,9-24H2,1-3H3. The third kappa shape index (κ3) is 7.97. The van der Waals surface area contributed by atoms with Crippen molar-refractivity contribution in [2.24, 2.45) is 22.7 Å². The zero-order valence-corrected chi connectivity index (χ0v) is 21.5. The first-order valence-corrected chi connectivity index (χ1v) is 13.3. The summed E-state index contributed by atoms with van der Waals surface area (Å²) in [5.41, 5.74) is 0.824. The summed E-state index contributed by atoms with van der Waals surface area (Å²) in [5, 5.41) is 0. The van der Waals surface area contributed by atoms with E-state index in [-0.39, 0.29) is 0 Å². The van der Waals surface area contributed by atoms with Crippen molar-refractivity contribution in [2.45, 2.75) is 77.0 Å². The summed E-state index contributed by atoms with van der Waals surface area (Å²) in [6, 6.07) is 10.2. The Kier molecular flexibility index (Phi) is 11.0. The Hall–Kier alpha value is -1.10. The Bertz CT molecular complexity index is 620. The zero-order chi connectivity index (χ0) is 23.4.